The topological polar surface area (TPSA) is 55.1 Å². The number of halogens is 1. The second kappa shape index (κ2) is 5.85. The number of benzene rings is 1. The Hall–Kier alpha value is -1.53. The maximum absolute atomic E-state index is 12.1. The lowest BCUT2D eigenvalue weighted by Gasteiger charge is -2.07. The maximum atomic E-state index is 12.1. The van der Waals surface area contributed by atoms with E-state index in [2.05, 4.69) is 27.5 Å². The van der Waals surface area contributed by atoms with Crippen molar-refractivity contribution >= 4 is 33.5 Å². The summed E-state index contributed by atoms with van der Waals surface area (Å²) in [5, 5.41) is 10.0. The fraction of sp³-hybridized carbons (Fsp3) is 0.143. The quantitative estimate of drug-likeness (QED) is 0.516. The zero-order valence-corrected chi connectivity index (χ0v) is 13.5. The minimum absolute atomic E-state index is 0.189. The van der Waals surface area contributed by atoms with Crippen molar-refractivity contribution in [1.82, 2.24) is 9.55 Å². The molecule has 0 radical (unpaired) electrons. The fourth-order valence-corrected chi connectivity index (χ4v) is 3.01. The summed E-state index contributed by atoms with van der Waals surface area (Å²) < 4.78 is 2.40. The number of Topliss-reactive ketones (excluding diaryl/α,β-unsaturated/α-hetero) is 1. The van der Waals surface area contributed by atoms with Gasteiger partial charge in [0.15, 0.2) is 5.16 Å². The van der Waals surface area contributed by atoms with Gasteiger partial charge in [-0.05, 0) is 58.9 Å². The number of rotatable bonds is 4. The summed E-state index contributed by atoms with van der Waals surface area (Å²) in [7, 11) is 0. The van der Waals surface area contributed by atoms with Gasteiger partial charge < -0.3 is 5.11 Å². The molecule has 0 bridgehead atoms. The first-order chi connectivity index (χ1) is 9.45. The highest BCUT2D eigenvalue weighted by Gasteiger charge is 2.21. The summed E-state index contributed by atoms with van der Waals surface area (Å²) in [5.74, 6) is -0.00127. The molecule has 0 spiro atoms. The SMILES string of the molecule is C=C(C)C(=O)c1nc(SC)n(-c2ccc(O)cc2)c1Br. The number of nitrogens with zero attached hydrogens (tertiary/aromatic N) is 2. The monoisotopic (exact) mass is 352 g/mol. The van der Waals surface area contributed by atoms with Gasteiger partial charge in [0.2, 0.25) is 5.78 Å². The number of phenols is 1. The minimum atomic E-state index is -0.190. The highest BCUT2D eigenvalue weighted by molar-refractivity contribution is 9.10. The Morgan fingerprint density at radius 2 is 2.00 bits per heavy atom. The van der Waals surface area contributed by atoms with Gasteiger partial charge in [0.25, 0.3) is 0 Å². The van der Waals surface area contributed by atoms with E-state index in [0.29, 0.717) is 21.0 Å². The highest BCUT2D eigenvalue weighted by atomic mass is 79.9. The molecule has 104 valence electrons. The fourth-order valence-electron chi connectivity index (χ4n) is 1.69. The van der Waals surface area contributed by atoms with Gasteiger partial charge in [0, 0.05) is 5.69 Å². The summed E-state index contributed by atoms with van der Waals surface area (Å²) in [6, 6.07) is 6.70. The smallest absolute Gasteiger partial charge is 0.209 e. The Labute approximate surface area is 129 Å². The van der Waals surface area contributed by atoms with Crippen LogP contribution in [0.3, 0.4) is 0 Å². The van der Waals surface area contributed by atoms with Crippen molar-refractivity contribution < 1.29 is 9.90 Å². The Morgan fingerprint density at radius 1 is 1.40 bits per heavy atom. The van der Waals surface area contributed by atoms with Crippen LogP contribution in [0.4, 0.5) is 0 Å². The Morgan fingerprint density at radius 3 is 2.50 bits per heavy atom. The number of allylic oxidation sites excluding steroid dienone is 1. The predicted octanol–water partition coefficient (Wildman–Crippen LogP) is 3.82. The van der Waals surface area contributed by atoms with E-state index >= 15 is 0 Å². The summed E-state index contributed by atoms with van der Waals surface area (Å²) in [6.07, 6.45) is 1.89. The van der Waals surface area contributed by atoms with E-state index in [1.54, 1.807) is 31.2 Å². The van der Waals surface area contributed by atoms with Crippen LogP contribution >= 0.6 is 27.7 Å². The number of imidazole rings is 1. The van der Waals surface area contributed by atoms with Crippen molar-refractivity contribution in [3.8, 4) is 11.4 Å². The highest BCUT2D eigenvalue weighted by Crippen LogP contribution is 2.30. The molecular weight excluding hydrogens is 340 g/mol. The number of carbonyl (C=O) groups is 1. The van der Waals surface area contributed by atoms with Crippen molar-refractivity contribution in [2.45, 2.75) is 12.1 Å². The molecule has 6 heteroatoms. The van der Waals surface area contributed by atoms with E-state index in [0.717, 1.165) is 5.69 Å². The number of thioether (sulfide) groups is 1. The first kappa shape index (κ1) is 14.9. The second-order valence-electron chi connectivity index (χ2n) is 4.20. The summed E-state index contributed by atoms with van der Waals surface area (Å²) >= 11 is 4.87. The molecular formula is C14H13BrN2O2S. The van der Waals surface area contributed by atoms with Gasteiger partial charge >= 0.3 is 0 Å². The van der Waals surface area contributed by atoms with Gasteiger partial charge in [-0.2, -0.15) is 0 Å². The molecule has 0 saturated carbocycles. The van der Waals surface area contributed by atoms with Gasteiger partial charge in [-0.3, -0.25) is 9.36 Å². The first-order valence-electron chi connectivity index (χ1n) is 5.77. The number of carbonyl (C=O) groups excluding carboxylic acids is 1. The van der Waals surface area contributed by atoms with Crippen LogP contribution < -0.4 is 0 Å². The van der Waals surface area contributed by atoms with E-state index in [1.165, 1.54) is 11.8 Å². The van der Waals surface area contributed by atoms with Gasteiger partial charge in [-0.1, -0.05) is 18.3 Å². The molecule has 0 aliphatic carbocycles. The van der Waals surface area contributed by atoms with Crippen LogP contribution in [-0.4, -0.2) is 26.7 Å². The second-order valence-corrected chi connectivity index (χ2v) is 5.72. The molecule has 0 aliphatic heterocycles. The van der Waals surface area contributed by atoms with E-state index in [-0.39, 0.29) is 11.5 Å². The maximum Gasteiger partial charge on any atom is 0.209 e. The molecule has 2 rings (SSSR count). The van der Waals surface area contributed by atoms with Crippen molar-refractivity contribution in [1.29, 1.82) is 0 Å². The van der Waals surface area contributed by atoms with Gasteiger partial charge in [0.05, 0.1) is 0 Å². The molecule has 1 N–H and O–H groups in total. The van der Waals surface area contributed by atoms with Crippen LogP contribution in [-0.2, 0) is 0 Å². The largest absolute Gasteiger partial charge is 0.508 e. The minimum Gasteiger partial charge on any atom is -0.508 e. The van der Waals surface area contributed by atoms with Crippen molar-refractivity contribution in [2.24, 2.45) is 0 Å². The van der Waals surface area contributed by atoms with Crippen LogP contribution in [0.15, 0.2) is 46.2 Å². The number of aromatic hydroxyl groups is 1. The molecule has 0 aliphatic rings. The van der Waals surface area contributed by atoms with E-state index in [1.807, 2.05) is 10.8 Å². The lowest BCUT2D eigenvalue weighted by atomic mass is 10.2. The zero-order chi connectivity index (χ0) is 14.9. The molecule has 1 heterocycles. The van der Waals surface area contributed by atoms with Crippen LogP contribution in [0.1, 0.15) is 17.4 Å². The zero-order valence-electron chi connectivity index (χ0n) is 11.1. The standard InChI is InChI=1S/C14H13BrN2O2S/c1-8(2)12(19)11-13(15)17(14(16-11)20-3)9-4-6-10(18)7-5-9/h4-7,18H,1H2,2-3H3. The van der Waals surface area contributed by atoms with Gasteiger partial charge in [-0.15, -0.1) is 0 Å². The average Bonchev–Trinajstić information content (AvgIpc) is 2.76. The molecule has 0 fully saturated rings. The third-order valence-electron chi connectivity index (χ3n) is 2.68. The van der Waals surface area contributed by atoms with Crippen LogP contribution in [0.2, 0.25) is 0 Å². The molecule has 0 saturated heterocycles. The number of ketones is 1. The van der Waals surface area contributed by atoms with Crippen LogP contribution in [0, 0.1) is 0 Å². The van der Waals surface area contributed by atoms with E-state index in [4.69, 9.17) is 0 Å². The lowest BCUT2D eigenvalue weighted by Crippen LogP contribution is -2.02. The molecule has 1 aromatic carbocycles. The number of hydrogen-bond acceptors (Lipinski definition) is 4. The summed E-state index contributed by atoms with van der Waals surface area (Å²) in [6.45, 7) is 5.32. The molecule has 2 aromatic rings. The number of hydrogen-bond donors (Lipinski definition) is 1. The average molecular weight is 353 g/mol. The molecule has 20 heavy (non-hydrogen) atoms. The van der Waals surface area contributed by atoms with Crippen LogP contribution in [0.5, 0.6) is 5.75 Å². The summed E-state index contributed by atoms with van der Waals surface area (Å²) in [4.78, 5) is 16.4. The molecule has 4 nitrogen and oxygen atoms in total. The Balaban J connectivity index is 2.61. The van der Waals surface area contributed by atoms with Crippen LogP contribution in [0.25, 0.3) is 5.69 Å². The summed E-state index contributed by atoms with van der Waals surface area (Å²) in [5.41, 5.74) is 1.59. The first-order valence-corrected chi connectivity index (χ1v) is 7.79. The van der Waals surface area contributed by atoms with Gasteiger partial charge in [-0.25, -0.2) is 4.98 Å². The molecule has 1 aromatic heterocycles. The number of phenolic OH excluding ortho intramolecular Hbond substituents is 1. The third kappa shape index (κ3) is 2.66. The van der Waals surface area contributed by atoms with Gasteiger partial charge in [0.1, 0.15) is 16.0 Å². The number of aromatic nitrogens is 2. The van der Waals surface area contributed by atoms with Crippen molar-refractivity contribution in [3.63, 3.8) is 0 Å². The molecule has 0 atom stereocenters. The van der Waals surface area contributed by atoms with E-state index < -0.39 is 0 Å². The Bertz CT molecular complexity index is 677. The normalized spacial score (nSPS) is 10.6. The van der Waals surface area contributed by atoms with Crippen molar-refractivity contribution in [3.05, 3.63) is 46.7 Å². The third-order valence-corrected chi connectivity index (χ3v) is 4.05. The Kier molecular flexibility index (Phi) is 4.35. The lowest BCUT2D eigenvalue weighted by molar-refractivity contribution is 0.102. The van der Waals surface area contributed by atoms with Crippen molar-refractivity contribution in [2.75, 3.05) is 6.26 Å². The predicted molar refractivity (Wildman–Crippen MR) is 83.9 cm³/mol. The molecule has 0 amide bonds. The molecule has 0 unspecified atom stereocenters. The van der Waals surface area contributed by atoms with E-state index in [9.17, 15) is 9.90 Å².